The van der Waals surface area contributed by atoms with Crippen molar-refractivity contribution in [1.82, 2.24) is 0 Å². The summed E-state index contributed by atoms with van der Waals surface area (Å²) in [7, 11) is 0. The molecule has 0 aliphatic carbocycles. The molecule has 2 aromatic rings. The van der Waals surface area contributed by atoms with Gasteiger partial charge in [-0.1, -0.05) is 48.3 Å². The molecule has 3 nitrogen and oxygen atoms in total. The maximum atomic E-state index is 10.1. The Morgan fingerprint density at radius 3 is 2.30 bits per heavy atom. The van der Waals surface area contributed by atoms with E-state index in [0.29, 0.717) is 15.7 Å². The summed E-state index contributed by atoms with van der Waals surface area (Å²) in [6.45, 7) is 6.17. The zero-order valence-corrected chi connectivity index (χ0v) is 16.8. The number of rotatable bonds is 2. The van der Waals surface area contributed by atoms with Gasteiger partial charge < -0.3 is 10.2 Å². The predicted molar refractivity (Wildman–Crippen MR) is 103 cm³/mol. The minimum Gasteiger partial charge on any atom is -0.506 e. The zero-order valence-electron chi connectivity index (χ0n) is 12.9. The first-order chi connectivity index (χ1) is 10.6. The molecule has 0 aromatic heterocycles. The lowest BCUT2D eigenvalue weighted by Gasteiger charge is -2.20. The van der Waals surface area contributed by atoms with Gasteiger partial charge in [-0.25, -0.2) is 0 Å². The number of hydrogen-bond acceptors (Lipinski definition) is 3. The average molecular weight is 462 g/mol. The quantitative estimate of drug-likeness (QED) is 0.514. The second-order valence-electron chi connectivity index (χ2n) is 6.16. The van der Waals surface area contributed by atoms with Gasteiger partial charge in [-0.2, -0.15) is 0 Å². The van der Waals surface area contributed by atoms with Crippen molar-refractivity contribution in [3.8, 4) is 11.5 Å². The van der Waals surface area contributed by atoms with Gasteiger partial charge in [0.2, 0.25) is 0 Å². The van der Waals surface area contributed by atoms with Crippen LogP contribution in [0, 0.1) is 0 Å². The Bertz CT molecular complexity index is 783. The van der Waals surface area contributed by atoms with Gasteiger partial charge in [0.15, 0.2) is 5.75 Å². The van der Waals surface area contributed by atoms with Crippen molar-refractivity contribution >= 4 is 55.4 Å². The highest BCUT2D eigenvalue weighted by Gasteiger charge is 2.18. The van der Waals surface area contributed by atoms with Crippen LogP contribution in [0.3, 0.4) is 0 Å². The molecule has 0 saturated carbocycles. The number of hydrogen-bond donors (Lipinski definition) is 2. The highest BCUT2D eigenvalue weighted by Crippen LogP contribution is 2.39. The number of aromatic hydroxyl groups is 2. The first-order valence-corrected chi connectivity index (χ1v) is 8.81. The minimum atomic E-state index is -0.122. The topological polar surface area (TPSA) is 52.8 Å². The van der Waals surface area contributed by atoms with E-state index in [-0.39, 0.29) is 21.9 Å². The Balaban J connectivity index is 2.50. The summed E-state index contributed by atoms with van der Waals surface area (Å²) in [6.07, 6.45) is 1.49. The Hall–Kier alpha value is -1.04. The van der Waals surface area contributed by atoms with Crippen LogP contribution in [0.25, 0.3) is 0 Å². The third-order valence-corrected chi connectivity index (χ3v) is 4.66. The predicted octanol–water partition coefficient (Wildman–Crippen LogP) is 6.32. The molecule has 0 saturated heterocycles. The molecule has 6 heteroatoms. The molecular formula is C17H16Br2ClNO2. The van der Waals surface area contributed by atoms with Crippen molar-refractivity contribution in [2.24, 2.45) is 4.99 Å². The van der Waals surface area contributed by atoms with E-state index in [4.69, 9.17) is 11.6 Å². The molecule has 0 spiro atoms. The first-order valence-electron chi connectivity index (χ1n) is 6.84. The molecule has 23 heavy (non-hydrogen) atoms. The van der Waals surface area contributed by atoms with Crippen molar-refractivity contribution < 1.29 is 10.2 Å². The molecule has 0 aliphatic heterocycles. The van der Waals surface area contributed by atoms with Gasteiger partial charge in [-0.3, -0.25) is 4.99 Å². The fraction of sp³-hybridized carbons (Fsp3) is 0.235. The van der Waals surface area contributed by atoms with E-state index in [2.05, 4.69) is 57.6 Å². The summed E-state index contributed by atoms with van der Waals surface area (Å²) in [5.74, 6) is -0.000943. The molecule has 0 atom stereocenters. The first kappa shape index (κ1) is 18.3. The Kier molecular flexibility index (Phi) is 5.44. The summed E-state index contributed by atoms with van der Waals surface area (Å²) in [4.78, 5) is 4.29. The summed E-state index contributed by atoms with van der Waals surface area (Å²) >= 11 is 12.7. The molecule has 2 N–H and O–H groups in total. The summed E-state index contributed by atoms with van der Waals surface area (Å²) in [6, 6.07) is 7.00. The number of phenolic OH excluding ortho intramolecular Hbond substituents is 2. The van der Waals surface area contributed by atoms with Crippen molar-refractivity contribution in [1.29, 1.82) is 0 Å². The molecule has 0 heterocycles. The van der Waals surface area contributed by atoms with E-state index in [1.807, 2.05) is 0 Å². The molecule has 0 aliphatic rings. The van der Waals surface area contributed by atoms with Gasteiger partial charge in [0, 0.05) is 16.3 Å². The Morgan fingerprint density at radius 2 is 1.70 bits per heavy atom. The highest BCUT2D eigenvalue weighted by atomic mass is 79.9. The number of nitrogens with zero attached hydrogens (tertiary/aromatic N) is 1. The lowest BCUT2D eigenvalue weighted by molar-refractivity contribution is 0.470. The number of halogens is 3. The molecule has 0 fully saturated rings. The third-order valence-electron chi connectivity index (χ3n) is 3.31. The average Bonchev–Trinajstić information content (AvgIpc) is 2.43. The lowest BCUT2D eigenvalue weighted by atomic mass is 9.87. The van der Waals surface area contributed by atoms with Gasteiger partial charge in [0.05, 0.1) is 9.50 Å². The van der Waals surface area contributed by atoms with Crippen LogP contribution in [0.4, 0.5) is 5.69 Å². The van der Waals surface area contributed by atoms with Crippen LogP contribution in [0.2, 0.25) is 5.02 Å². The second kappa shape index (κ2) is 6.83. The SMILES string of the molecule is CC(C)(C)c1cc(Cl)c(O)c(/N=C/c2cc(Br)cc(Br)c2O)c1. The van der Waals surface area contributed by atoms with Crippen LogP contribution >= 0.6 is 43.5 Å². The van der Waals surface area contributed by atoms with E-state index < -0.39 is 0 Å². The smallest absolute Gasteiger partial charge is 0.159 e. The molecule has 2 aromatic carbocycles. The van der Waals surface area contributed by atoms with Crippen LogP contribution in [0.1, 0.15) is 31.9 Å². The zero-order chi connectivity index (χ0) is 17.4. The summed E-state index contributed by atoms with van der Waals surface area (Å²) < 4.78 is 1.35. The third kappa shape index (κ3) is 4.28. The summed E-state index contributed by atoms with van der Waals surface area (Å²) in [5.41, 5.74) is 1.72. The Morgan fingerprint density at radius 1 is 1.04 bits per heavy atom. The van der Waals surface area contributed by atoms with Gasteiger partial charge in [0.25, 0.3) is 0 Å². The second-order valence-corrected chi connectivity index (χ2v) is 8.34. The molecule has 0 bridgehead atoms. The van der Waals surface area contributed by atoms with Gasteiger partial charge >= 0.3 is 0 Å². The normalized spacial score (nSPS) is 12.1. The molecular weight excluding hydrogens is 445 g/mol. The standard InChI is InChI=1S/C17H16Br2ClNO2/c1-17(2,3)10-5-13(20)16(23)14(6-10)21-8-9-4-11(18)7-12(19)15(9)22/h4-8,22-23H,1-3H3/b21-8+. The molecule has 2 rings (SSSR count). The molecule has 0 radical (unpaired) electrons. The lowest BCUT2D eigenvalue weighted by Crippen LogP contribution is -2.10. The van der Waals surface area contributed by atoms with E-state index in [9.17, 15) is 10.2 Å². The fourth-order valence-corrected chi connectivity index (χ4v) is 3.41. The van der Waals surface area contributed by atoms with Crippen LogP contribution in [-0.2, 0) is 5.41 Å². The van der Waals surface area contributed by atoms with Crippen molar-refractivity contribution in [3.63, 3.8) is 0 Å². The minimum absolute atomic E-state index is 0.0783. The van der Waals surface area contributed by atoms with Crippen LogP contribution in [0.15, 0.2) is 38.2 Å². The molecule has 0 amide bonds. The van der Waals surface area contributed by atoms with Gasteiger partial charge in [-0.15, -0.1) is 0 Å². The maximum Gasteiger partial charge on any atom is 0.159 e. The number of benzene rings is 2. The maximum absolute atomic E-state index is 10.1. The Labute approximate surface area is 157 Å². The highest BCUT2D eigenvalue weighted by molar-refractivity contribution is 9.11. The van der Waals surface area contributed by atoms with Crippen molar-refractivity contribution in [2.45, 2.75) is 26.2 Å². The van der Waals surface area contributed by atoms with E-state index in [1.54, 1.807) is 24.3 Å². The number of phenols is 2. The molecule has 122 valence electrons. The van der Waals surface area contributed by atoms with Gasteiger partial charge in [-0.05, 0) is 51.2 Å². The monoisotopic (exact) mass is 459 g/mol. The van der Waals surface area contributed by atoms with E-state index in [1.165, 1.54) is 6.21 Å². The fourth-order valence-electron chi connectivity index (χ4n) is 1.94. The van der Waals surface area contributed by atoms with Crippen LogP contribution < -0.4 is 0 Å². The molecule has 0 unspecified atom stereocenters. The summed E-state index contributed by atoms with van der Waals surface area (Å²) in [5, 5.41) is 20.4. The largest absolute Gasteiger partial charge is 0.506 e. The van der Waals surface area contributed by atoms with E-state index in [0.717, 1.165) is 10.0 Å². The van der Waals surface area contributed by atoms with E-state index >= 15 is 0 Å². The van der Waals surface area contributed by atoms with Crippen molar-refractivity contribution in [3.05, 3.63) is 49.4 Å². The van der Waals surface area contributed by atoms with Crippen LogP contribution in [0.5, 0.6) is 11.5 Å². The van der Waals surface area contributed by atoms with Crippen LogP contribution in [-0.4, -0.2) is 16.4 Å². The van der Waals surface area contributed by atoms with Crippen molar-refractivity contribution in [2.75, 3.05) is 0 Å². The van der Waals surface area contributed by atoms with Gasteiger partial charge in [0.1, 0.15) is 11.4 Å². The number of aliphatic imine (C=N–C) groups is 1.